The number of hydrogen-bond donors (Lipinski definition) is 2. The highest BCUT2D eigenvalue weighted by atomic mass is 16.5. The van der Waals surface area contributed by atoms with Crippen LogP contribution in [-0.4, -0.2) is 27.9 Å². The molecule has 1 aromatic carbocycles. The largest absolute Gasteiger partial charge is 0.457 e. The number of ether oxygens (including phenoxy) is 1. The SMILES string of the molecule is CNC(=O)c1cc(Oc2ccc3nc(C)[nH]c3c2)ccn1. The number of H-pyrrole nitrogens is 1. The number of amides is 1. The zero-order chi connectivity index (χ0) is 14.8. The van der Waals surface area contributed by atoms with Crippen molar-refractivity contribution in [1.29, 1.82) is 0 Å². The van der Waals surface area contributed by atoms with E-state index in [1.807, 2.05) is 25.1 Å². The molecule has 0 aliphatic heterocycles. The van der Waals surface area contributed by atoms with E-state index in [1.165, 1.54) is 0 Å². The van der Waals surface area contributed by atoms with Crippen molar-refractivity contribution < 1.29 is 9.53 Å². The number of hydrogen-bond acceptors (Lipinski definition) is 4. The highest BCUT2D eigenvalue weighted by Gasteiger charge is 2.07. The van der Waals surface area contributed by atoms with Gasteiger partial charge in [0.25, 0.3) is 5.91 Å². The zero-order valence-corrected chi connectivity index (χ0v) is 11.7. The second-order valence-electron chi connectivity index (χ2n) is 4.56. The van der Waals surface area contributed by atoms with E-state index in [9.17, 15) is 4.79 Å². The molecule has 2 heterocycles. The fourth-order valence-corrected chi connectivity index (χ4v) is 2.04. The minimum atomic E-state index is -0.250. The number of nitrogens with one attached hydrogen (secondary N) is 2. The molecule has 2 N–H and O–H groups in total. The molecular weight excluding hydrogens is 268 g/mol. The number of benzene rings is 1. The maximum Gasteiger partial charge on any atom is 0.269 e. The number of carbonyl (C=O) groups excluding carboxylic acids is 1. The van der Waals surface area contributed by atoms with E-state index in [2.05, 4.69) is 20.3 Å². The van der Waals surface area contributed by atoms with Crippen molar-refractivity contribution in [2.45, 2.75) is 6.92 Å². The van der Waals surface area contributed by atoms with Crippen molar-refractivity contribution >= 4 is 16.9 Å². The van der Waals surface area contributed by atoms with Crippen LogP contribution in [0.5, 0.6) is 11.5 Å². The Labute approximate surface area is 121 Å². The third-order valence-electron chi connectivity index (χ3n) is 3.00. The monoisotopic (exact) mass is 282 g/mol. The lowest BCUT2D eigenvalue weighted by Gasteiger charge is -2.06. The maximum atomic E-state index is 11.6. The lowest BCUT2D eigenvalue weighted by Crippen LogP contribution is -2.18. The molecule has 6 heteroatoms. The molecule has 3 rings (SSSR count). The first-order chi connectivity index (χ1) is 10.2. The first kappa shape index (κ1) is 13.1. The molecule has 0 saturated heterocycles. The van der Waals surface area contributed by atoms with E-state index in [1.54, 1.807) is 25.4 Å². The summed E-state index contributed by atoms with van der Waals surface area (Å²) in [7, 11) is 1.56. The van der Waals surface area contributed by atoms with Crippen LogP contribution < -0.4 is 10.1 Å². The molecule has 0 aliphatic rings. The summed E-state index contributed by atoms with van der Waals surface area (Å²) in [5, 5.41) is 2.53. The van der Waals surface area contributed by atoms with Gasteiger partial charge in [-0.1, -0.05) is 0 Å². The van der Waals surface area contributed by atoms with Crippen LogP contribution in [0, 0.1) is 6.92 Å². The van der Waals surface area contributed by atoms with Gasteiger partial charge in [0.05, 0.1) is 11.0 Å². The van der Waals surface area contributed by atoms with Crippen LogP contribution in [0.3, 0.4) is 0 Å². The number of aromatic nitrogens is 3. The summed E-state index contributed by atoms with van der Waals surface area (Å²) in [6, 6.07) is 8.89. The van der Waals surface area contributed by atoms with Gasteiger partial charge in [0.15, 0.2) is 0 Å². The summed E-state index contributed by atoms with van der Waals surface area (Å²) < 4.78 is 5.76. The van der Waals surface area contributed by atoms with Gasteiger partial charge in [0, 0.05) is 25.4 Å². The number of nitrogens with zero attached hydrogens (tertiary/aromatic N) is 2. The molecule has 106 valence electrons. The van der Waals surface area contributed by atoms with Crippen LogP contribution in [0.2, 0.25) is 0 Å². The van der Waals surface area contributed by atoms with E-state index < -0.39 is 0 Å². The number of rotatable bonds is 3. The Morgan fingerprint density at radius 3 is 2.86 bits per heavy atom. The minimum Gasteiger partial charge on any atom is -0.457 e. The third kappa shape index (κ3) is 2.69. The van der Waals surface area contributed by atoms with Gasteiger partial charge < -0.3 is 15.0 Å². The van der Waals surface area contributed by atoms with Crippen LogP contribution >= 0.6 is 0 Å². The van der Waals surface area contributed by atoms with Crippen molar-refractivity contribution in [3.05, 3.63) is 48.0 Å². The summed E-state index contributed by atoms with van der Waals surface area (Å²) in [5.41, 5.74) is 2.11. The van der Waals surface area contributed by atoms with Gasteiger partial charge in [0.2, 0.25) is 0 Å². The molecule has 1 amide bonds. The number of pyridine rings is 1. The number of aromatic amines is 1. The van der Waals surface area contributed by atoms with E-state index in [0.29, 0.717) is 17.2 Å². The third-order valence-corrected chi connectivity index (χ3v) is 3.00. The second kappa shape index (κ2) is 5.24. The first-order valence-corrected chi connectivity index (χ1v) is 6.48. The van der Waals surface area contributed by atoms with Crippen LogP contribution in [0.15, 0.2) is 36.5 Å². The first-order valence-electron chi connectivity index (χ1n) is 6.48. The molecule has 21 heavy (non-hydrogen) atoms. The molecule has 0 fully saturated rings. The summed E-state index contributed by atoms with van der Waals surface area (Å²) in [5.74, 6) is 1.83. The summed E-state index contributed by atoms with van der Waals surface area (Å²) in [6.07, 6.45) is 1.54. The molecule has 0 aliphatic carbocycles. The van der Waals surface area contributed by atoms with Crippen LogP contribution in [0.25, 0.3) is 11.0 Å². The Balaban J connectivity index is 1.89. The van der Waals surface area contributed by atoms with Crippen molar-refractivity contribution in [3.63, 3.8) is 0 Å². The van der Waals surface area contributed by atoms with E-state index in [0.717, 1.165) is 16.9 Å². The lowest BCUT2D eigenvalue weighted by molar-refractivity contribution is 0.0958. The number of fused-ring (bicyclic) bond motifs is 1. The minimum absolute atomic E-state index is 0.250. The molecular formula is C15H14N4O2. The second-order valence-corrected chi connectivity index (χ2v) is 4.56. The van der Waals surface area contributed by atoms with Gasteiger partial charge in [-0.15, -0.1) is 0 Å². The lowest BCUT2D eigenvalue weighted by atomic mass is 10.3. The van der Waals surface area contributed by atoms with Gasteiger partial charge in [-0.25, -0.2) is 4.98 Å². The van der Waals surface area contributed by atoms with Gasteiger partial charge >= 0.3 is 0 Å². The normalized spacial score (nSPS) is 10.6. The highest BCUT2D eigenvalue weighted by Crippen LogP contribution is 2.24. The van der Waals surface area contributed by atoms with Crippen molar-refractivity contribution in [3.8, 4) is 11.5 Å². The molecule has 6 nitrogen and oxygen atoms in total. The average Bonchev–Trinajstić information content (AvgIpc) is 2.86. The molecule has 3 aromatic rings. The Morgan fingerprint density at radius 2 is 2.05 bits per heavy atom. The number of carbonyl (C=O) groups is 1. The molecule has 2 aromatic heterocycles. The summed E-state index contributed by atoms with van der Waals surface area (Å²) in [4.78, 5) is 23.0. The van der Waals surface area contributed by atoms with Gasteiger partial charge in [-0.05, 0) is 25.1 Å². The van der Waals surface area contributed by atoms with Crippen LogP contribution in [-0.2, 0) is 0 Å². The predicted molar refractivity (Wildman–Crippen MR) is 78.5 cm³/mol. The predicted octanol–water partition coefficient (Wildman–Crippen LogP) is 2.42. The standard InChI is InChI=1S/C15H14N4O2/c1-9-18-12-4-3-10(7-13(12)19-9)21-11-5-6-17-14(8-11)15(20)16-2/h3-8H,1-2H3,(H,16,20)(H,18,19). The number of imidazole rings is 1. The van der Waals surface area contributed by atoms with Gasteiger partial charge in [-0.3, -0.25) is 9.78 Å². The Morgan fingerprint density at radius 1 is 1.24 bits per heavy atom. The topological polar surface area (TPSA) is 79.9 Å². The Hall–Kier alpha value is -2.89. The fraction of sp³-hybridized carbons (Fsp3) is 0.133. The zero-order valence-electron chi connectivity index (χ0n) is 11.7. The smallest absolute Gasteiger partial charge is 0.269 e. The quantitative estimate of drug-likeness (QED) is 0.773. The van der Waals surface area contributed by atoms with Crippen LogP contribution in [0.4, 0.5) is 0 Å². The number of aryl methyl sites for hydroxylation is 1. The highest BCUT2D eigenvalue weighted by molar-refractivity contribution is 5.92. The molecule has 0 spiro atoms. The summed E-state index contributed by atoms with van der Waals surface area (Å²) in [6.45, 7) is 1.90. The molecule has 0 atom stereocenters. The van der Waals surface area contributed by atoms with E-state index in [-0.39, 0.29) is 5.91 Å². The Kier molecular flexibility index (Phi) is 3.27. The average molecular weight is 282 g/mol. The summed E-state index contributed by atoms with van der Waals surface area (Å²) >= 11 is 0. The van der Waals surface area contributed by atoms with E-state index in [4.69, 9.17) is 4.74 Å². The van der Waals surface area contributed by atoms with Crippen molar-refractivity contribution in [1.82, 2.24) is 20.3 Å². The molecule has 0 unspecified atom stereocenters. The fourth-order valence-electron chi connectivity index (χ4n) is 2.04. The van der Waals surface area contributed by atoms with Gasteiger partial charge in [-0.2, -0.15) is 0 Å². The molecule has 0 radical (unpaired) electrons. The van der Waals surface area contributed by atoms with Gasteiger partial charge in [0.1, 0.15) is 23.0 Å². The van der Waals surface area contributed by atoms with Crippen molar-refractivity contribution in [2.24, 2.45) is 0 Å². The van der Waals surface area contributed by atoms with E-state index >= 15 is 0 Å². The molecule has 0 bridgehead atoms. The Bertz CT molecular complexity index is 810. The van der Waals surface area contributed by atoms with Crippen LogP contribution in [0.1, 0.15) is 16.3 Å². The maximum absolute atomic E-state index is 11.6. The molecule has 0 saturated carbocycles. The van der Waals surface area contributed by atoms with Crippen molar-refractivity contribution in [2.75, 3.05) is 7.05 Å².